The van der Waals surface area contributed by atoms with Crippen molar-refractivity contribution < 1.29 is 4.79 Å². The second kappa shape index (κ2) is 5.14. The molecule has 0 amide bonds. The number of hydrogen-bond acceptors (Lipinski definition) is 1. The number of hydrogen-bond donors (Lipinski definition) is 0. The molecule has 0 saturated carbocycles. The van der Waals surface area contributed by atoms with Crippen molar-refractivity contribution in [1.29, 1.82) is 0 Å². The minimum absolute atomic E-state index is 0.551. The summed E-state index contributed by atoms with van der Waals surface area (Å²) in [6.45, 7) is 0. The van der Waals surface area contributed by atoms with Crippen molar-refractivity contribution in [3.05, 3.63) is 60.2 Å². The molecule has 2 rings (SSSR count). The van der Waals surface area contributed by atoms with E-state index in [9.17, 15) is 4.79 Å². The van der Waals surface area contributed by atoms with E-state index in [2.05, 4.69) is 12.1 Å². The maximum absolute atomic E-state index is 10.2. The van der Waals surface area contributed by atoms with Gasteiger partial charge >= 0.3 is 0 Å². The molecule has 0 aliphatic rings. The fraction of sp³-hybridized carbons (Fsp3) is 0.133. The summed E-state index contributed by atoms with van der Waals surface area (Å²) in [5.41, 5.74) is 3.21. The van der Waals surface area contributed by atoms with E-state index in [1.807, 2.05) is 42.5 Å². The zero-order chi connectivity index (χ0) is 11.2. The van der Waals surface area contributed by atoms with Crippen LogP contribution in [0.3, 0.4) is 0 Å². The Labute approximate surface area is 95.7 Å². The maximum Gasteiger partial charge on any atom is 0.120 e. The SMILES string of the molecule is O=CCCc1c#cc(-c2ccccc2)cc1. The van der Waals surface area contributed by atoms with Crippen LogP contribution in [0.25, 0.3) is 11.1 Å². The van der Waals surface area contributed by atoms with Crippen LogP contribution in [0.4, 0.5) is 0 Å². The van der Waals surface area contributed by atoms with Gasteiger partial charge in [0.25, 0.3) is 0 Å². The highest BCUT2D eigenvalue weighted by atomic mass is 16.1. The fourth-order valence-corrected chi connectivity index (χ4v) is 1.56. The first kappa shape index (κ1) is 10.4. The molecule has 0 fully saturated rings. The number of aryl methyl sites for hydroxylation is 1. The van der Waals surface area contributed by atoms with Gasteiger partial charge in [-0.1, -0.05) is 42.5 Å². The maximum atomic E-state index is 10.2. The van der Waals surface area contributed by atoms with E-state index in [-0.39, 0.29) is 0 Å². The van der Waals surface area contributed by atoms with Crippen LogP contribution in [0.1, 0.15) is 12.0 Å². The molecule has 2 aromatic carbocycles. The molecule has 1 nitrogen and oxygen atoms in total. The number of rotatable bonds is 4. The van der Waals surface area contributed by atoms with Crippen molar-refractivity contribution in [3.8, 4) is 11.1 Å². The van der Waals surface area contributed by atoms with Gasteiger partial charge in [0.1, 0.15) is 6.29 Å². The lowest BCUT2D eigenvalue weighted by Gasteiger charge is -1.98. The molecule has 0 saturated heterocycles. The van der Waals surface area contributed by atoms with Crippen LogP contribution in [0.2, 0.25) is 0 Å². The first-order chi connectivity index (χ1) is 7.90. The van der Waals surface area contributed by atoms with Crippen molar-refractivity contribution in [2.24, 2.45) is 0 Å². The number of benzene rings is 1. The third-order valence-corrected chi connectivity index (χ3v) is 2.43. The van der Waals surface area contributed by atoms with Crippen molar-refractivity contribution in [1.82, 2.24) is 0 Å². The molecule has 78 valence electrons. The van der Waals surface area contributed by atoms with Gasteiger partial charge in [-0.05, 0) is 24.1 Å². The molecular weight excluding hydrogens is 196 g/mol. The lowest BCUT2D eigenvalue weighted by atomic mass is 10.1. The van der Waals surface area contributed by atoms with Gasteiger partial charge in [0, 0.05) is 17.5 Å². The summed E-state index contributed by atoms with van der Waals surface area (Å²) in [5, 5.41) is 0. The molecule has 0 radical (unpaired) electrons. The molecule has 1 heteroatoms. The third-order valence-electron chi connectivity index (χ3n) is 2.43. The molecule has 0 aliphatic carbocycles. The Bertz CT molecular complexity index is 443. The van der Waals surface area contributed by atoms with E-state index >= 15 is 0 Å². The van der Waals surface area contributed by atoms with Crippen LogP contribution in [0.5, 0.6) is 0 Å². The summed E-state index contributed by atoms with van der Waals surface area (Å²) in [6, 6.07) is 20.3. The highest BCUT2D eigenvalue weighted by Gasteiger charge is 1.95. The minimum Gasteiger partial charge on any atom is -0.303 e. The summed E-state index contributed by atoms with van der Waals surface area (Å²) in [4.78, 5) is 10.2. The summed E-state index contributed by atoms with van der Waals surface area (Å²) in [7, 11) is 0. The molecule has 0 bridgehead atoms. The molecule has 2 aromatic rings. The first-order valence-corrected chi connectivity index (χ1v) is 5.32. The van der Waals surface area contributed by atoms with Gasteiger partial charge in [0.15, 0.2) is 0 Å². The van der Waals surface area contributed by atoms with Crippen LogP contribution < -0.4 is 0 Å². The summed E-state index contributed by atoms with van der Waals surface area (Å²) in [5.74, 6) is 0. The first-order valence-electron chi connectivity index (χ1n) is 5.32. The highest BCUT2D eigenvalue weighted by molar-refractivity contribution is 5.61. The molecule has 0 N–H and O–H groups in total. The van der Waals surface area contributed by atoms with Crippen LogP contribution in [0, 0.1) is 12.1 Å². The van der Waals surface area contributed by atoms with Gasteiger partial charge in [0.2, 0.25) is 0 Å². The van der Waals surface area contributed by atoms with Gasteiger partial charge in [-0.3, -0.25) is 0 Å². The van der Waals surface area contributed by atoms with E-state index in [1.165, 1.54) is 0 Å². The molecule has 16 heavy (non-hydrogen) atoms. The average molecular weight is 208 g/mol. The minimum atomic E-state index is 0.551. The Morgan fingerprint density at radius 1 is 1.00 bits per heavy atom. The van der Waals surface area contributed by atoms with Crippen molar-refractivity contribution in [3.63, 3.8) is 0 Å². The van der Waals surface area contributed by atoms with Crippen molar-refractivity contribution in [2.75, 3.05) is 0 Å². The smallest absolute Gasteiger partial charge is 0.120 e. The Morgan fingerprint density at radius 3 is 2.44 bits per heavy atom. The second-order valence-corrected chi connectivity index (χ2v) is 3.59. The number of carbonyl (C=O) groups is 1. The standard InChI is InChI=1S/C15H12O/c16-12-4-5-13-8-10-15(11-9-13)14-6-2-1-3-7-14/h1-3,6-8,10,12H,4-5H2. The van der Waals surface area contributed by atoms with E-state index in [4.69, 9.17) is 0 Å². The summed E-state index contributed by atoms with van der Waals surface area (Å²) >= 11 is 0. The van der Waals surface area contributed by atoms with Gasteiger partial charge in [-0.15, -0.1) is 0 Å². The molecule has 0 atom stereocenters. The Morgan fingerprint density at radius 2 is 1.81 bits per heavy atom. The van der Waals surface area contributed by atoms with E-state index < -0.39 is 0 Å². The molecule has 0 aromatic heterocycles. The van der Waals surface area contributed by atoms with Crippen LogP contribution in [-0.2, 0) is 11.2 Å². The average Bonchev–Trinajstić information content (AvgIpc) is 2.38. The fourth-order valence-electron chi connectivity index (χ4n) is 1.56. The monoisotopic (exact) mass is 208 g/mol. The molecule has 0 heterocycles. The Balaban J connectivity index is 2.16. The zero-order valence-corrected chi connectivity index (χ0v) is 8.94. The quantitative estimate of drug-likeness (QED) is 0.706. The van der Waals surface area contributed by atoms with Crippen molar-refractivity contribution in [2.45, 2.75) is 12.8 Å². The lowest BCUT2D eigenvalue weighted by Crippen LogP contribution is -1.84. The number of carbonyl (C=O) groups excluding carboxylic acids is 1. The highest BCUT2D eigenvalue weighted by Crippen LogP contribution is 2.16. The normalized spacial score (nSPS) is 9.50. The summed E-state index contributed by atoms with van der Waals surface area (Å²) < 4.78 is 0. The summed E-state index contributed by atoms with van der Waals surface area (Å²) in [6.07, 6.45) is 2.23. The molecule has 0 aliphatic heterocycles. The predicted molar refractivity (Wildman–Crippen MR) is 63.9 cm³/mol. The van der Waals surface area contributed by atoms with Crippen molar-refractivity contribution >= 4 is 6.29 Å². The lowest BCUT2D eigenvalue weighted by molar-refractivity contribution is -0.107. The Kier molecular flexibility index (Phi) is 3.35. The number of aldehydes is 1. The third kappa shape index (κ3) is 2.49. The van der Waals surface area contributed by atoms with Gasteiger partial charge < -0.3 is 4.79 Å². The van der Waals surface area contributed by atoms with E-state index in [0.717, 1.165) is 29.4 Å². The van der Waals surface area contributed by atoms with Gasteiger partial charge in [0.05, 0.1) is 0 Å². The van der Waals surface area contributed by atoms with Gasteiger partial charge in [-0.25, -0.2) is 0 Å². The zero-order valence-electron chi connectivity index (χ0n) is 8.94. The molecule has 0 unspecified atom stereocenters. The van der Waals surface area contributed by atoms with Gasteiger partial charge in [-0.2, -0.15) is 0 Å². The van der Waals surface area contributed by atoms with E-state index in [1.54, 1.807) is 0 Å². The topological polar surface area (TPSA) is 17.1 Å². The Hall–Kier alpha value is -2.07. The predicted octanol–water partition coefficient (Wildman–Crippen LogP) is 3.09. The van der Waals surface area contributed by atoms with E-state index in [0.29, 0.717) is 6.42 Å². The largest absolute Gasteiger partial charge is 0.303 e. The molecule has 0 spiro atoms. The second-order valence-electron chi connectivity index (χ2n) is 3.59. The van der Waals surface area contributed by atoms with Crippen LogP contribution in [0.15, 0.2) is 42.5 Å². The van der Waals surface area contributed by atoms with Crippen LogP contribution >= 0.6 is 0 Å². The molecular formula is C15H12O. The van der Waals surface area contributed by atoms with Crippen LogP contribution in [-0.4, -0.2) is 6.29 Å².